The van der Waals surface area contributed by atoms with Gasteiger partial charge in [-0.1, -0.05) is 30.3 Å². The van der Waals surface area contributed by atoms with E-state index < -0.39 is 11.2 Å². The zero-order valence-electron chi connectivity index (χ0n) is 14.0. The summed E-state index contributed by atoms with van der Waals surface area (Å²) in [5.41, 5.74) is -0.437. The Bertz CT molecular complexity index is 509. The fourth-order valence-electron chi connectivity index (χ4n) is 3.05. The highest BCUT2D eigenvalue weighted by Gasteiger charge is 2.39. The molecule has 22 heavy (non-hydrogen) atoms. The molecule has 122 valence electrons. The summed E-state index contributed by atoms with van der Waals surface area (Å²) in [6.45, 7) is 5.58. The van der Waals surface area contributed by atoms with Gasteiger partial charge >= 0.3 is 6.09 Å². The standard InChI is InChI=1S/C18H27NO3/c1-17(2,3)22-16(20)19(4)15-11-8-12-18(21,13-15)14-9-6-5-7-10-14/h5-7,9-10,15,21H,8,11-13H2,1-4H3. The molecular weight excluding hydrogens is 278 g/mol. The van der Waals surface area contributed by atoms with E-state index in [9.17, 15) is 9.90 Å². The first-order valence-corrected chi connectivity index (χ1v) is 7.95. The summed E-state index contributed by atoms with van der Waals surface area (Å²) >= 11 is 0. The molecule has 2 rings (SSSR count). The SMILES string of the molecule is CN(C(=O)OC(C)(C)C)C1CCCC(O)(c2ccccc2)C1. The molecule has 0 saturated heterocycles. The number of carbonyl (C=O) groups is 1. The molecule has 2 unspecified atom stereocenters. The molecule has 0 aromatic heterocycles. The van der Waals surface area contributed by atoms with Crippen LogP contribution in [0.3, 0.4) is 0 Å². The highest BCUT2D eigenvalue weighted by molar-refractivity contribution is 5.68. The Hall–Kier alpha value is -1.55. The quantitative estimate of drug-likeness (QED) is 0.906. The molecule has 1 aromatic rings. The molecule has 1 amide bonds. The van der Waals surface area contributed by atoms with Gasteiger partial charge < -0.3 is 14.7 Å². The monoisotopic (exact) mass is 305 g/mol. The number of carbonyl (C=O) groups excluding carboxylic acids is 1. The van der Waals surface area contributed by atoms with Crippen molar-refractivity contribution >= 4 is 6.09 Å². The molecule has 0 bridgehead atoms. The second-order valence-electron chi connectivity index (χ2n) is 7.24. The fourth-order valence-corrected chi connectivity index (χ4v) is 3.05. The first-order valence-electron chi connectivity index (χ1n) is 7.95. The van der Waals surface area contributed by atoms with Crippen LogP contribution in [0.1, 0.15) is 52.0 Å². The van der Waals surface area contributed by atoms with Crippen LogP contribution in [0.15, 0.2) is 30.3 Å². The minimum atomic E-state index is -0.861. The van der Waals surface area contributed by atoms with Crippen molar-refractivity contribution in [1.82, 2.24) is 4.90 Å². The third kappa shape index (κ3) is 4.01. The van der Waals surface area contributed by atoms with E-state index >= 15 is 0 Å². The molecule has 1 fully saturated rings. The molecule has 1 N–H and O–H groups in total. The van der Waals surface area contributed by atoms with Crippen LogP contribution < -0.4 is 0 Å². The molecule has 1 aliphatic carbocycles. The van der Waals surface area contributed by atoms with Crippen LogP contribution in [0.5, 0.6) is 0 Å². The van der Waals surface area contributed by atoms with E-state index in [1.54, 1.807) is 11.9 Å². The van der Waals surface area contributed by atoms with Gasteiger partial charge in [0.1, 0.15) is 5.60 Å². The van der Waals surface area contributed by atoms with Gasteiger partial charge in [-0.15, -0.1) is 0 Å². The van der Waals surface area contributed by atoms with Crippen LogP contribution in [0.2, 0.25) is 0 Å². The number of benzene rings is 1. The van der Waals surface area contributed by atoms with E-state index in [2.05, 4.69) is 0 Å². The van der Waals surface area contributed by atoms with E-state index in [1.807, 2.05) is 51.1 Å². The van der Waals surface area contributed by atoms with E-state index in [0.29, 0.717) is 6.42 Å². The molecule has 0 heterocycles. The lowest BCUT2D eigenvalue weighted by Gasteiger charge is -2.41. The number of ether oxygens (including phenoxy) is 1. The van der Waals surface area contributed by atoms with Gasteiger partial charge in [0.15, 0.2) is 0 Å². The summed E-state index contributed by atoms with van der Waals surface area (Å²) in [6, 6.07) is 9.73. The van der Waals surface area contributed by atoms with Crippen LogP contribution >= 0.6 is 0 Å². The van der Waals surface area contributed by atoms with Gasteiger partial charge in [0.25, 0.3) is 0 Å². The van der Waals surface area contributed by atoms with Gasteiger partial charge in [0.2, 0.25) is 0 Å². The third-order valence-corrected chi connectivity index (χ3v) is 4.24. The van der Waals surface area contributed by atoms with Crippen molar-refractivity contribution in [3.05, 3.63) is 35.9 Å². The molecule has 1 aliphatic rings. The summed E-state index contributed by atoms with van der Waals surface area (Å²) in [5.74, 6) is 0. The topological polar surface area (TPSA) is 49.8 Å². The Kier molecular flexibility index (Phi) is 4.81. The summed E-state index contributed by atoms with van der Waals surface area (Å²) < 4.78 is 5.43. The normalized spacial score (nSPS) is 25.6. The predicted octanol–water partition coefficient (Wildman–Crippen LogP) is 3.68. The van der Waals surface area contributed by atoms with Crippen molar-refractivity contribution in [1.29, 1.82) is 0 Å². The fraction of sp³-hybridized carbons (Fsp3) is 0.611. The Labute approximate surface area is 133 Å². The van der Waals surface area contributed by atoms with E-state index in [-0.39, 0.29) is 12.1 Å². The second kappa shape index (κ2) is 6.29. The molecule has 0 spiro atoms. The third-order valence-electron chi connectivity index (χ3n) is 4.24. The van der Waals surface area contributed by atoms with Crippen molar-refractivity contribution in [2.24, 2.45) is 0 Å². The highest BCUT2D eigenvalue weighted by atomic mass is 16.6. The lowest BCUT2D eigenvalue weighted by Crippen LogP contribution is -2.46. The van der Waals surface area contributed by atoms with Crippen LogP contribution in [0.25, 0.3) is 0 Å². The summed E-state index contributed by atoms with van der Waals surface area (Å²) in [4.78, 5) is 13.9. The van der Waals surface area contributed by atoms with E-state index in [0.717, 1.165) is 24.8 Å². The molecule has 0 aliphatic heterocycles. The van der Waals surface area contributed by atoms with Gasteiger partial charge in [0, 0.05) is 19.5 Å². The average molecular weight is 305 g/mol. The number of hydrogen-bond donors (Lipinski definition) is 1. The minimum Gasteiger partial charge on any atom is -0.444 e. The first kappa shape index (κ1) is 16.8. The van der Waals surface area contributed by atoms with Gasteiger partial charge in [-0.05, 0) is 45.6 Å². The van der Waals surface area contributed by atoms with Gasteiger partial charge in [-0.2, -0.15) is 0 Å². The van der Waals surface area contributed by atoms with Crippen molar-refractivity contribution < 1.29 is 14.6 Å². The number of aliphatic hydroxyl groups is 1. The smallest absolute Gasteiger partial charge is 0.410 e. The Morgan fingerprint density at radius 1 is 1.32 bits per heavy atom. The van der Waals surface area contributed by atoms with Crippen molar-refractivity contribution in [2.75, 3.05) is 7.05 Å². The number of hydrogen-bond acceptors (Lipinski definition) is 3. The summed E-state index contributed by atoms with van der Waals surface area (Å²) in [7, 11) is 1.76. The second-order valence-corrected chi connectivity index (χ2v) is 7.24. The van der Waals surface area contributed by atoms with Crippen LogP contribution in [-0.2, 0) is 10.3 Å². The lowest BCUT2D eigenvalue weighted by molar-refractivity contribution is -0.0378. The first-order chi connectivity index (χ1) is 10.2. The van der Waals surface area contributed by atoms with Crippen LogP contribution in [-0.4, -0.2) is 34.8 Å². The van der Waals surface area contributed by atoms with Gasteiger partial charge in [0.05, 0.1) is 5.60 Å². The van der Waals surface area contributed by atoms with E-state index in [1.165, 1.54) is 0 Å². The zero-order chi connectivity index (χ0) is 16.4. The highest BCUT2D eigenvalue weighted by Crippen LogP contribution is 2.38. The molecule has 1 aromatic carbocycles. The van der Waals surface area contributed by atoms with Crippen LogP contribution in [0.4, 0.5) is 4.79 Å². The summed E-state index contributed by atoms with van der Waals surface area (Å²) in [6.07, 6.45) is 2.74. The molecule has 4 heteroatoms. The molecule has 1 saturated carbocycles. The number of rotatable bonds is 2. The number of amides is 1. The largest absolute Gasteiger partial charge is 0.444 e. The summed E-state index contributed by atoms with van der Waals surface area (Å²) in [5, 5.41) is 11.0. The van der Waals surface area contributed by atoms with Gasteiger partial charge in [-0.3, -0.25) is 0 Å². The molecular formula is C18H27NO3. The zero-order valence-corrected chi connectivity index (χ0v) is 14.0. The van der Waals surface area contributed by atoms with Crippen molar-refractivity contribution in [3.8, 4) is 0 Å². The van der Waals surface area contributed by atoms with Crippen molar-refractivity contribution in [2.45, 2.75) is 63.7 Å². The predicted molar refractivity (Wildman–Crippen MR) is 86.6 cm³/mol. The van der Waals surface area contributed by atoms with Crippen molar-refractivity contribution in [3.63, 3.8) is 0 Å². The minimum absolute atomic E-state index is 0.00574. The van der Waals surface area contributed by atoms with Crippen LogP contribution in [0, 0.1) is 0 Å². The lowest BCUT2D eigenvalue weighted by atomic mass is 9.77. The average Bonchev–Trinajstić information content (AvgIpc) is 2.45. The maximum Gasteiger partial charge on any atom is 0.410 e. The molecule has 2 atom stereocenters. The Morgan fingerprint density at radius 2 is 1.95 bits per heavy atom. The number of nitrogens with zero attached hydrogens (tertiary/aromatic N) is 1. The Morgan fingerprint density at radius 3 is 2.55 bits per heavy atom. The maximum absolute atomic E-state index is 12.2. The maximum atomic E-state index is 12.2. The molecule has 0 radical (unpaired) electrons. The Balaban J connectivity index is 2.09. The molecule has 4 nitrogen and oxygen atoms in total. The van der Waals surface area contributed by atoms with Gasteiger partial charge in [-0.25, -0.2) is 4.79 Å². The van der Waals surface area contributed by atoms with E-state index in [4.69, 9.17) is 4.74 Å².